The maximum Gasteiger partial charge on any atom is 0.235 e. The predicted molar refractivity (Wildman–Crippen MR) is 64.0 cm³/mol. The van der Waals surface area contributed by atoms with Crippen LogP contribution in [0.3, 0.4) is 0 Å². The number of hydrogen-bond acceptors (Lipinski definition) is 3. The van der Waals surface area contributed by atoms with E-state index in [0.29, 0.717) is 5.78 Å². The van der Waals surface area contributed by atoms with Crippen LogP contribution in [0.4, 0.5) is 0 Å². The summed E-state index contributed by atoms with van der Waals surface area (Å²) < 4.78 is 2.88. The van der Waals surface area contributed by atoms with Crippen molar-refractivity contribution in [3.63, 3.8) is 0 Å². The smallest absolute Gasteiger partial charge is 0.235 e. The van der Waals surface area contributed by atoms with E-state index in [0.717, 1.165) is 15.2 Å². The lowest BCUT2D eigenvalue weighted by Crippen LogP contribution is -1.85. The first-order chi connectivity index (χ1) is 7.36. The first-order valence-corrected chi connectivity index (χ1v) is 6.06. The van der Waals surface area contributed by atoms with Gasteiger partial charge >= 0.3 is 0 Å². The van der Waals surface area contributed by atoms with Crippen molar-refractivity contribution in [2.75, 3.05) is 0 Å². The van der Waals surface area contributed by atoms with Gasteiger partial charge in [-0.1, -0.05) is 6.07 Å². The van der Waals surface area contributed by atoms with Gasteiger partial charge in [0, 0.05) is 12.4 Å². The molecular weight excluding hydrogens is 274 g/mol. The van der Waals surface area contributed by atoms with Crippen molar-refractivity contribution >= 4 is 33.0 Å². The number of halogens is 1. The molecule has 0 fully saturated rings. The summed E-state index contributed by atoms with van der Waals surface area (Å²) in [6.45, 7) is 0. The molecule has 0 amide bonds. The van der Waals surface area contributed by atoms with Gasteiger partial charge in [-0.25, -0.2) is 9.97 Å². The Morgan fingerprint density at radius 2 is 2.27 bits per heavy atom. The molecule has 0 radical (unpaired) electrons. The molecule has 74 valence electrons. The minimum Gasteiger partial charge on any atom is -0.277 e. The molecule has 15 heavy (non-hydrogen) atoms. The minimum absolute atomic E-state index is 0.716. The fourth-order valence-corrected chi connectivity index (χ4v) is 2.85. The van der Waals surface area contributed by atoms with Crippen LogP contribution < -0.4 is 0 Å². The Kier molecular flexibility index (Phi) is 2.07. The number of fused-ring (bicyclic) bond motifs is 1. The first-order valence-electron chi connectivity index (χ1n) is 4.39. The van der Waals surface area contributed by atoms with Crippen LogP contribution in [-0.4, -0.2) is 14.4 Å². The van der Waals surface area contributed by atoms with Crippen LogP contribution in [0.15, 0.2) is 40.6 Å². The third-order valence-electron chi connectivity index (χ3n) is 2.10. The molecule has 0 atom stereocenters. The number of thiophene rings is 1. The highest BCUT2D eigenvalue weighted by molar-refractivity contribution is 9.10. The van der Waals surface area contributed by atoms with Crippen molar-refractivity contribution in [1.82, 2.24) is 14.4 Å². The first kappa shape index (κ1) is 9.06. The van der Waals surface area contributed by atoms with Crippen molar-refractivity contribution in [3.05, 3.63) is 40.6 Å². The maximum atomic E-state index is 4.47. The van der Waals surface area contributed by atoms with E-state index in [1.165, 1.54) is 0 Å². The Morgan fingerprint density at radius 3 is 3.00 bits per heavy atom. The standard InChI is InChI=1S/C10H6BrN3S/c11-9-8(7-3-1-6-15-7)13-10-12-4-2-5-14(9)10/h1-6H. The summed E-state index contributed by atoms with van der Waals surface area (Å²) in [5.41, 5.74) is 0.948. The lowest BCUT2D eigenvalue weighted by molar-refractivity contribution is 1.09. The Bertz CT molecular complexity index is 600. The van der Waals surface area contributed by atoms with Crippen molar-refractivity contribution in [3.8, 4) is 10.6 Å². The average Bonchev–Trinajstić information content (AvgIpc) is 2.87. The van der Waals surface area contributed by atoms with Gasteiger partial charge in [0.1, 0.15) is 10.3 Å². The van der Waals surface area contributed by atoms with E-state index in [9.17, 15) is 0 Å². The van der Waals surface area contributed by atoms with E-state index < -0.39 is 0 Å². The molecule has 0 aliphatic heterocycles. The minimum atomic E-state index is 0.716. The summed E-state index contributed by atoms with van der Waals surface area (Å²) in [4.78, 5) is 9.81. The normalized spacial score (nSPS) is 11.0. The highest BCUT2D eigenvalue weighted by Crippen LogP contribution is 2.30. The lowest BCUT2D eigenvalue weighted by Gasteiger charge is -1.92. The van der Waals surface area contributed by atoms with E-state index in [1.54, 1.807) is 17.5 Å². The van der Waals surface area contributed by atoms with E-state index in [4.69, 9.17) is 0 Å². The highest BCUT2D eigenvalue weighted by atomic mass is 79.9. The molecular formula is C10H6BrN3S. The average molecular weight is 280 g/mol. The summed E-state index contributed by atoms with van der Waals surface area (Å²) in [6.07, 6.45) is 3.68. The molecule has 3 aromatic rings. The summed E-state index contributed by atoms with van der Waals surface area (Å²) in [5, 5.41) is 2.04. The van der Waals surface area contributed by atoms with E-state index in [-0.39, 0.29) is 0 Å². The van der Waals surface area contributed by atoms with Crippen molar-refractivity contribution < 1.29 is 0 Å². The highest BCUT2D eigenvalue weighted by Gasteiger charge is 2.12. The summed E-state index contributed by atoms with van der Waals surface area (Å²) in [6, 6.07) is 5.96. The zero-order valence-corrected chi connectivity index (χ0v) is 9.99. The van der Waals surface area contributed by atoms with Crippen LogP contribution in [0, 0.1) is 0 Å². The third kappa shape index (κ3) is 1.39. The largest absolute Gasteiger partial charge is 0.277 e. The zero-order valence-electron chi connectivity index (χ0n) is 7.59. The SMILES string of the molecule is Brc1c(-c2cccs2)nc2ncccn12. The lowest BCUT2D eigenvalue weighted by atomic mass is 10.4. The molecule has 0 spiro atoms. The fraction of sp³-hybridized carbons (Fsp3) is 0. The second-order valence-electron chi connectivity index (χ2n) is 3.02. The summed E-state index contributed by atoms with van der Waals surface area (Å²) in [5.74, 6) is 0.716. The molecule has 0 saturated carbocycles. The molecule has 0 saturated heterocycles. The number of hydrogen-bond donors (Lipinski definition) is 0. The van der Waals surface area contributed by atoms with Gasteiger partial charge in [-0.15, -0.1) is 11.3 Å². The number of rotatable bonds is 1. The van der Waals surface area contributed by atoms with Gasteiger partial charge in [0.15, 0.2) is 0 Å². The van der Waals surface area contributed by atoms with E-state index >= 15 is 0 Å². The molecule has 0 N–H and O–H groups in total. The predicted octanol–water partition coefficient (Wildman–Crippen LogP) is 3.22. The Morgan fingerprint density at radius 1 is 1.33 bits per heavy atom. The second-order valence-corrected chi connectivity index (χ2v) is 4.72. The van der Waals surface area contributed by atoms with Crippen LogP contribution in [0.5, 0.6) is 0 Å². The molecule has 0 aliphatic rings. The van der Waals surface area contributed by atoms with E-state index in [2.05, 4.69) is 32.0 Å². The van der Waals surface area contributed by atoms with Crippen molar-refractivity contribution in [2.24, 2.45) is 0 Å². The van der Waals surface area contributed by atoms with Crippen LogP contribution in [-0.2, 0) is 0 Å². The monoisotopic (exact) mass is 279 g/mol. The van der Waals surface area contributed by atoms with Crippen LogP contribution in [0.1, 0.15) is 0 Å². The van der Waals surface area contributed by atoms with Gasteiger partial charge in [-0.3, -0.25) is 4.40 Å². The molecule has 3 aromatic heterocycles. The topological polar surface area (TPSA) is 30.2 Å². The number of imidazole rings is 1. The second kappa shape index (κ2) is 3.43. The third-order valence-corrected chi connectivity index (χ3v) is 3.73. The Labute approximate surface area is 98.6 Å². The molecule has 3 rings (SSSR count). The van der Waals surface area contributed by atoms with Gasteiger partial charge < -0.3 is 0 Å². The molecule has 0 aromatic carbocycles. The van der Waals surface area contributed by atoms with Crippen molar-refractivity contribution in [1.29, 1.82) is 0 Å². The number of nitrogens with zero attached hydrogens (tertiary/aromatic N) is 3. The maximum absolute atomic E-state index is 4.47. The Balaban J connectivity index is 2.33. The molecule has 5 heteroatoms. The van der Waals surface area contributed by atoms with Gasteiger partial charge in [0.25, 0.3) is 0 Å². The quantitative estimate of drug-likeness (QED) is 0.685. The van der Waals surface area contributed by atoms with Gasteiger partial charge in [0.2, 0.25) is 5.78 Å². The molecule has 3 heterocycles. The van der Waals surface area contributed by atoms with Gasteiger partial charge in [-0.2, -0.15) is 0 Å². The summed E-state index contributed by atoms with van der Waals surface area (Å²) >= 11 is 5.21. The molecule has 3 nitrogen and oxygen atoms in total. The fourth-order valence-electron chi connectivity index (χ4n) is 1.43. The van der Waals surface area contributed by atoms with Gasteiger partial charge in [0.05, 0.1) is 4.88 Å². The summed E-state index contributed by atoms with van der Waals surface area (Å²) in [7, 11) is 0. The van der Waals surface area contributed by atoms with E-state index in [1.807, 2.05) is 28.1 Å². The number of aromatic nitrogens is 3. The zero-order chi connectivity index (χ0) is 10.3. The van der Waals surface area contributed by atoms with Crippen LogP contribution in [0.2, 0.25) is 0 Å². The Hall–Kier alpha value is -1.20. The molecule has 0 aliphatic carbocycles. The van der Waals surface area contributed by atoms with Gasteiger partial charge in [-0.05, 0) is 33.4 Å². The van der Waals surface area contributed by atoms with Crippen LogP contribution >= 0.6 is 27.3 Å². The van der Waals surface area contributed by atoms with Crippen LogP contribution in [0.25, 0.3) is 16.3 Å². The molecule has 0 unspecified atom stereocenters. The molecule has 0 bridgehead atoms. The van der Waals surface area contributed by atoms with Crippen molar-refractivity contribution in [2.45, 2.75) is 0 Å².